The fraction of sp³-hybridized carbons (Fsp3) is 0.385. The van der Waals surface area contributed by atoms with Crippen LogP contribution in [0, 0.1) is 0 Å². The minimum absolute atomic E-state index is 0.335. The summed E-state index contributed by atoms with van der Waals surface area (Å²) in [5, 5.41) is 27.3. The molecule has 0 saturated heterocycles. The number of hydrogen-bond donors (Lipinski definition) is 5. The predicted octanol–water partition coefficient (Wildman–Crippen LogP) is 0.622. The van der Waals surface area contributed by atoms with Gasteiger partial charge >= 0.3 is 0 Å². The van der Waals surface area contributed by atoms with Crippen molar-refractivity contribution < 1.29 is 24.9 Å². The Bertz CT molecular complexity index is 376. The molecule has 6 N–H and O–H groups in total. The van der Waals surface area contributed by atoms with E-state index >= 15 is 0 Å². The van der Waals surface area contributed by atoms with Crippen LogP contribution in [0.3, 0.4) is 0 Å². The Hall–Kier alpha value is -2.12. The molecular formula is C13H22N2O5. The number of nitrogens with two attached hydrogens (primary N) is 1. The Morgan fingerprint density at radius 1 is 1.15 bits per heavy atom. The number of carbonyl (C=O) groups is 2. The van der Waals surface area contributed by atoms with Crippen LogP contribution in [-0.2, 0) is 16.1 Å². The highest BCUT2D eigenvalue weighted by Gasteiger charge is 1.96. The van der Waals surface area contributed by atoms with Gasteiger partial charge in [-0.1, -0.05) is 18.2 Å². The summed E-state index contributed by atoms with van der Waals surface area (Å²) >= 11 is 0. The molecule has 0 amide bonds. The van der Waals surface area contributed by atoms with Gasteiger partial charge in [-0.05, 0) is 6.07 Å². The number of benzene rings is 1. The lowest BCUT2D eigenvalue weighted by molar-refractivity contribution is -0.135. The summed E-state index contributed by atoms with van der Waals surface area (Å²) in [7, 11) is 0. The Morgan fingerprint density at radius 2 is 1.60 bits per heavy atom. The van der Waals surface area contributed by atoms with E-state index in [4.69, 9.17) is 25.5 Å². The molecule has 1 rings (SSSR count). The smallest absolute Gasteiger partial charge is 0.300 e. The number of phenols is 1. The third-order valence-electron chi connectivity index (χ3n) is 1.63. The molecule has 7 nitrogen and oxygen atoms in total. The summed E-state index contributed by atoms with van der Waals surface area (Å²) in [6, 6.07) is 7.28. The number of carboxylic acids is 2. The zero-order chi connectivity index (χ0) is 16.0. The van der Waals surface area contributed by atoms with E-state index in [-0.39, 0.29) is 0 Å². The molecule has 0 saturated carbocycles. The molecule has 0 aliphatic heterocycles. The average molecular weight is 286 g/mol. The second-order valence-corrected chi connectivity index (χ2v) is 3.63. The van der Waals surface area contributed by atoms with E-state index in [0.29, 0.717) is 18.8 Å². The van der Waals surface area contributed by atoms with Gasteiger partial charge in [0.05, 0.1) is 0 Å². The highest BCUT2D eigenvalue weighted by molar-refractivity contribution is 5.63. The Labute approximate surface area is 118 Å². The number of hydrogen-bond acceptors (Lipinski definition) is 5. The first-order chi connectivity index (χ1) is 9.31. The lowest BCUT2D eigenvalue weighted by atomic mass is 10.2. The van der Waals surface area contributed by atoms with Gasteiger partial charge in [-0.2, -0.15) is 0 Å². The molecule has 20 heavy (non-hydrogen) atoms. The lowest BCUT2D eigenvalue weighted by Gasteiger charge is -2.04. The molecular weight excluding hydrogens is 264 g/mol. The van der Waals surface area contributed by atoms with Gasteiger partial charge in [0.15, 0.2) is 0 Å². The van der Waals surface area contributed by atoms with Gasteiger partial charge in [-0.15, -0.1) is 0 Å². The number of aromatic hydroxyl groups is 1. The van der Waals surface area contributed by atoms with Crippen LogP contribution in [0.1, 0.15) is 19.4 Å². The van der Waals surface area contributed by atoms with Crippen molar-refractivity contribution in [1.82, 2.24) is 5.32 Å². The zero-order valence-electron chi connectivity index (χ0n) is 11.7. The molecule has 1 aromatic rings. The number of para-hydroxylation sites is 1. The maximum absolute atomic E-state index is 9.34. The molecule has 0 aliphatic rings. The Kier molecular flexibility index (Phi) is 13.4. The second-order valence-electron chi connectivity index (χ2n) is 3.63. The average Bonchev–Trinajstić information content (AvgIpc) is 2.30. The Balaban J connectivity index is 0. The molecule has 0 aliphatic carbocycles. The van der Waals surface area contributed by atoms with Crippen molar-refractivity contribution in [3.8, 4) is 5.75 Å². The van der Waals surface area contributed by atoms with E-state index in [0.717, 1.165) is 26.0 Å². The summed E-state index contributed by atoms with van der Waals surface area (Å²) in [5.74, 6) is -1.33. The van der Waals surface area contributed by atoms with Crippen LogP contribution >= 0.6 is 0 Å². The van der Waals surface area contributed by atoms with Gasteiger partial charge in [0.1, 0.15) is 5.75 Å². The first-order valence-electron chi connectivity index (χ1n) is 5.88. The number of nitrogens with one attached hydrogen (secondary N) is 1. The highest BCUT2D eigenvalue weighted by Crippen LogP contribution is 2.14. The lowest BCUT2D eigenvalue weighted by Crippen LogP contribution is -2.21. The molecule has 0 atom stereocenters. The van der Waals surface area contributed by atoms with E-state index in [1.165, 1.54) is 0 Å². The standard InChI is InChI=1S/C9H14N2O.2C2H4O2/c10-5-6-11-7-8-3-1-2-4-9(8)12;2*1-2(3)4/h1-4,11-12H,5-7,10H2;2*1H3,(H,3,4). The number of phenolic OH excluding ortho intramolecular Hbond substituents is 1. The van der Waals surface area contributed by atoms with Crippen LogP contribution < -0.4 is 11.1 Å². The van der Waals surface area contributed by atoms with E-state index < -0.39 is 11.9 Å². The Morgan fingerprint density at radius 3 is 2.00 bits per heavy atom. The van der Waals surface area contributed by atoms with Crippen LogP contribution in [0.4, 0.5) is 0 Å². The third kappa shape index (κ3) is 18.3. The van der Waals surface area contributed by atoms with E-state index in [9.17, 15) is 5.11 Å². The normalized spacial score (nSPS) is 8.55. The van der Waals surface area contributed by atoms with Crippen molar-refractivity contribution in [3.05, 3.63) is 29.8 Å². The van der Waals surface area contributed by atoms with E-state index in [1.807, 2.05) is 18.2 Å². The van der Waals surface area contributed by atoms with Crippen LogP contribution in [0.5, 0.6) is 5.75 Å². The quantitative estimate of drug-likeness (QED) is 0.512. The zero-order valence-corrected chi connectivity index (χ0v) is 11.7. The monoisotopic (exact) mass is 286 g/mol. The van der Waals surface area contributed by atoms with Crippen molar-refractivity contribution in [1.29, 1.82) is 0 Å². The minimum Gasteiger partial charge on any atom is -0.508 e. The molecule has 0 spiro atoms. The fourth-order valence-electron chi connectivity index (χ4n) is 0.985. The summed E-state index contributed by atoms with van der Waals surface area (Å²) in [6.45, 7) is 4.23. The van der Waals surface area contributed by atoms with Crippen LogP contribution in [0.15, 0.2) is 24.3 Å². The predicted molar refractivity (Wildman–Crippen MR) is 75.5 cm³/mol. The largest absolute Gasteiger partial charge is 0.508 e. The van der Waals surface area contributed by atoms with Gasteiger partial charge < -0.3 is 26.4 Å². The van der Waals surface area contributed by atoms with Crippen molar-refractivity contribution in [2.24, 2.45) is 5.73 Å². The molecule has 7 heteroatoms. The van der Waals surface area contributed by atoms with Crippen LogP contribution in [0.25, 0.3) is 0 Å². The first-order valence-corrected chi connectivity index (χ1v) is 5.88. The molecule has 0 unspecified atom stereocenters. The van der Waals surface area contributed by atoms with Gasteiger partial charge in [0.25, 0.3) is 11.9 Å². The molecule has 1 aromatic carbocycles. The summed E-state index contributed by atoms with van der Waals surface area (Å²) in [6.07, 6.45) is 0. The van der Waals surface area contributed by atoms with Crippen molar-refractivity contribution in [2.45, 2.75) is 20.4 Å². The van der Waals surface area contributed by atoms with Crippen molar-refractivity contribution >= 4 is 11.9 Å². The molecule has 0 bridgehead atoms. The van der Waals surface area contributed by atoms with Gasteiger partial charge in [-0.25, -0.2) is 0 Å². The van der Waals surface area contributed by atoms with Crippen LogP contribution in [0.2, 0.25) is 0 Å². The molecule has 0 aromatic heterocycles. The molecule has 0 radical (unpaired) electrons. The molecule has 0 fully saturated rings. The maximum atomic E-state index is 9.34. The minimum atomic E-state index is -0.833. The van der Waals surface area contributed by atoms with Gasteiger partial charge in [-0.3, -0.25) is 9.59 Å². The molecule has 114 valence electrons. The first kappa shape index (κ1) is 20.2. The fourth-order valence-corrected chi connectivity index (χ4v) is 0.985. The number of carboxylic acid groups (broad SMARTS) is 2. The topological polar surface area (TPSA) is 133 Å². The highest BCUT2D eigenvalue weighted by atomic mass is 16.4. The maximum Gasteiger partial charge on any atom is 0.300 e. The van der Waals surface area contributed by atoms with Gasteiger partial charge in [0, 0.05) is 39.0 Å². The molecule has 0 heterocycles. The van der Waals surface area contributed by atoms with Crippen LogP contribution in [-0.4, -0.2) is 40.3 Å². The van der Waals surface area contributed by atoms with E-state index in [1.54, 1.807) is 6.07 Å². The van der Waals surface area contributed by atoms with E-state index in [2.05, 4.69) is 5.32 Å². The summed E-state index contributed by atoms with van der Waals surface area (Å²) in [4.78, 5) is 18.0. The van der Waals surface area contributed by atoms with Crippen molar-refractivity contribution in [2.75, 3.05) is 13.1 Å². The van der Waals surface area contributed by atoms with Crippen molar-refractivity contribution in [3.63, 3.8) is 0 Å². The summed E-state index contributed by atoms with van der Waals surface area (Å²) in [5.41, 5.74) is 6.21. The number of rotatable bonds is 4. The number of aliphatic carboxylic acids is 2. The van der Waals surface area contributed by atoms with Gasteiger partial charge in [0.2, 0.25) is 0 Å². The third-order valence-corrected chi connectivity index (χ3v) is 1.63. The SMILES string of the molecule is CC(=O)O.CC(=O)O.NCCNCc1ccccc1O. The summed E-state index contributed by atoms with van der Waals surface area (Å²) < 4.78 is 0. The second kappa shape index (κ2) is 13.3.